The van der Waals surface area contributed by atoms with Crippen LogP contribution < -0.4 is 9.62 Å². The number of aryl methyl sites for hydroxylation is 1. The van der Waals surface area contributed by atoms with Crippen molar-refractivity contribution in [2.45, 2.75) is 32.4 Å². The molecule has 0 atom stereocenters. The molecule has 3 rings (SSSR count). The van der Waals surface area contributed by atoms with Gasteiger partial charge in [0, 0.05) is 19.0 Å². The van der Waals surface area contributed by atoms with E-state index in [0.29, 0.717) is 37.4 Å². The summed E-state index contributed by atoms with van der Waals surface area (Å²) >= 11 is 0. The third-order valence-electron chi connectivity index (χ3n) is 5.57. The molecule has 1 aliphatic heterocycles. The first-order chi connectivity index (χ1) is 16.5. The van der Waals surface area contributed by atoms with Crippen LogP contribution in [0, 0.1) is 35.8 Å². The quantitative estimate of drug-likeness (QED) is 0.568. The zero-order valence-corrected chi connectivity index (χ0v) is 20.0. The van der Waals surface area contributed by atoms with Gasteiger partial charge in [0.1, 0.15) is 11.9 Å². The number of anilines is 1. The average molecular weight is 507 g/mol. The summed E-state index contributed by atoms with van der Waals surface area (Å²) < 4.78 is 58.1. The van der Waals surface area contributed by atoms with Crippen LogP contribution in [0.3, 0.4) is 0 Å². The number of carbonyl (C=O) groups excluding carboxylic acids is 2. The molecule has 1 N–H and O–H groups in total. The average Bonchev–Trinajstić information content (AvgIpc) is 2.81. The lowest BCUT2D eigenvalue weighted by Gasteiger charge is -2.32. The van der Waals surface area contributed by atoms with Gasteiger partial charge in [0.05, 0.1) is 29.2 Å². The van der Waals surface area contributed by atoms with E-state index in [-0.39, 0.29) is 23.3 Å². The number of rotatable bonds is 7. The lowest BCUT2D eigenvalue weighted by Crippen LogP contribution is -2.43. The number of halogens is 2. The van der Waals surface area contributed by atoms with Gasteiger partial charge in [-0.1, -0.05) is 6.07 Å². The van der Waals surface area contributed by atoms with Crippen molar-refractivity contribution >= 4 is 27.7 Å². The van der Waals surface area contributed by atoms with Crippen molar-refractivity contribution in [2.75, 3.05) is 24.6 Å². The third-order valence-corrected chi connectivity index (χ3v) is 6.80. The van der Waals surface area contributed by atoms with Crippen molar-refractivity contribution in [1.82, 2.24) is 9.71 Å². The highest BCUT2D eigenvalue weighted by molar-refractivity contribution is 7.89. The molecular weight excluding hydrogens is 482 g/mol. The molecule has 1 aliphatic rings. The first-order valence-corrected chi connectivity index (χ1v) is 12.5. The number of nitriles is 1. The molecule has 2 heterocycles. The molecule has 0 aliphatic carbocycles. The van der Waals surface area contributed by atoms with Crippen LogP contribution in [0.1, 0.15) is 46.9 Å². The molecular formula is C23H24F2N4O5S. The first-order valence-electron chi connectivity index (χ1n) is 10.9. The Morgan fingerprint density at radius 2 is 1.91 bits per heavy atom. The molecule has 0 radical (unpaired) electrons. The van der Waals surface area contributed by atoms with Crippen molar-refractivity contribution in [3.63, 3.8) is 0 Å². The predicted molar refractivity (Wildman–Crippen MR) is 122 cm³/mol. The highest BCUT2D eigenvalue weighted by Crippen LogP contribution is 2.27. The minimum Gasteiger partial charge on any atom is -0.462 e. The van der Waals surface area contributed by atoms with Crippen molar-refractivity contribution in [2.24, 2.45) is 5.92 Å². The largest absolute Gasteiger partial charge is 0.462 e. The number of pyridine rings is 1. The molecule has 9 nitrogen and oxygen atoms in total. The zero-order valence-electron chi connectivity index (χ0n) is 19.2. The number of piperidine rings is 1. The number of carbonyl (C=O) groups is 2. The van der Waals surface area contributed by atoms with E-state index in [9.17, 15) is 32.0 Å². The molecule has 0 bridgehead atoms. The Hall–Kier alpha value is -3.59. The molecule has 0 saturated carbocycles. The SMILES string of the molecule is CCOC(=O)c1cc(C#N)c(N2CCC(C(=O)NS(=O)(=O)Cc3ccc(F)c(F)c3)CC2)nc1C. The first kappa shape index (κ1) is 26.0. The van der Waals surface area contributed by atoms with Gasteiger partial charge in [-0.15, -0.1) is 0 Å². The summed E-state index contributed by atoms with van der Waals surface area (Å²) in [6, 6.07) is 6.19. The number of ether oxygens (including phenoxy) is 1. The standard InChI is InChI=1S/C23H24F2N4O5S/c1-3-34-23(31)18-11-17(12-26)21(27-14(18)2)29-8-6-16(7-9-29)22(30)28-35(32,33)13-15-4-5-19(24)20(25)10-15/h4-5,10-11,16H,3,6-9,13H2,1-2H3,(H,28,30). The second kappa shape index (κ2) is 10.8. The summed E-state index contributed by atoms with van der Waals surface area (Å²) in [7, 11) is -4.11. The number of aromatic nitrogens is 1. The number of sulfonamides is 1. The minimum atomic E-state index is -4.11. The fourth-order valence-electron chi connectivity index (χ4n) is 3.81. The molecule has 1 aromatic carbocycles. The maximum Gasteiger partial charge on any atom is 0.340 e. The smallest absolute Gasteiger partial charge is 0.340 e. The Balaban J connectivity index is 1.64. The summed E-state index contributed by atoms with van der Waals surface area (Å²) in [5, 5.41) is 9.55. The van der Waals surface area contributed by atoms with Gasteiger partial charge in [-0.25, -0.2) is 27.0 Å². The number of esters is 1. The number of hydrogen-bond acceptors (Lipinski definition) is 8. The Kier molecular flexibility index (Phi) is 8.01. The van der Waals surface area contributed by atoms with Crippen molar-refractivity contribution < 1.29 is 31.5 Å². The van der Waals surface area contributed by atoms with E-state index in [4.69, 9.17) is 4.74 Å². The summed E-state index contributed by atoms with van der Waals surface area (Å²) in [6.07, 6.45) is 0.607. The Labute approximate surface area is 201 Å². The van der Waals surface area contributed by atoms with E-state index in [2.05, 4.69) is 4.98 Å². The van der Waals surface area contributed by atoms with Gasteiger partial charge in [-0.3, -0.25) is 9.52 Å². The fraction of sp³-hybridized carbons (Fsp3) is 0.391. The third kappa shape index (κ3) is 6.30. The molecule has 1 fully saturated rings. The summed E-state index contributed by atoms with van der Waals surface area (Å²) in [6.45, 7) is 4.17. The van der Waals surface area contributed by atoms with Crippen LogP contribution >= 0.6 is 0 Å². The van der Waals surface area contributed by atoms with E-state index in [0.717, 1.165) is 18.2 Å². The second-order valence-corrected chi connectivity index (χ2v) is 9.78. The monoisotopic (exact) mass is 506 g/mol. The number of nitrogens with one attached hydrogen (secondary N) is 1. The molecule has 12 heteroatoms. The van der Waals surface area contributed by atoms with Crippen molar-refractivity contribution in [3.8, 4) is 6.07 Å². The normalized spacial score (nSPS) is 14.3. The van der Waals surface area contributed by atoms with Gasteiger partial charge in [0.25, 0.3) is 0 Å². The number of hydrogen-bond donors (Lipinski definition) is 1. The van der Waals surface area contributed by atoms with Crippen LogP contribution in [0.2, 0.25) is 0 Å². The second-order valence-electron chi connectivity index (χ2n) is 8.06. The van der Waals surface area contributed by atoms with Gasteiger partial charge in [-0.05, 0) is 50.5 Å². The zero-order chi connectivity index (χ0) is 25.8. The van der Waals surface area contributed by atoms with Crippen LogP contribution in [0.15, 0.2) is 24.3 Å². The summed E-state index contributed by atoms with van der Waals surface area (Å²) in [5.74, 6) is -4.42. The van der Waals surface area contributed by atoms with Gasteiger partial charge < -0.3 is 9.64 Å². The maximum absolute atomic E-state index is 13.3. The fourth-order valence-corrected chi connectivity index (χ4v) is 4.97. The number of benzene rings is 1. The van der Waals surface area contributed by atoms with Crippen LogP contribution in [0.4, 0.5) is 14.6 Å². The van der Waals surface area contributed by atoms with E-state index in [1.807, 2.05) is 10.8 Å². The van der Waals surface area contributed by atoms with Crippen LogP contribution in [0.5, 0.6) is 0 Å². The van der Waals surface area contributed by atoms with Gasteiger partial charge in [-0.2, -0.15) is 5.26 Å². The lowest BCUT2D eigenvalue weighted by atomic mass is 9.96. The summed E-state index contributed by atoms with van der Waals surface area (Å²) in [5.41, 5.74) is 0.805. The molecule has 1 amide bonds. The molecule has 0 spiro atoms. The molecule has 1 aromatic heterocycles. The van der Waals surface area contributed by atoms with Gasteiger partial charge in [0.2, 0.25) is 15.9 Å². The highest BCUT2D eigenvalue weighted by atomic mass is 32.2. The van der Waals surface area contributed by atoms with Crippen LogP contribution in [-0.4, -0.2) is 45.0 Å². The topological polar surface area (TPSA) is 129 Å². The maximum atomic E-state index is 13.3. The summed E-state index contributed by atoms with van der Waals surface area (Å²) in [4.78, 5) is 30.9. The number of amides is 1. The van der Waals surface area contributed by atoms with E-state index in [1.165, 1.54) is 6.07 Å². The Bertz CT molecular complexity index is 1290. The predicted octanol–water partition coefficient (Wildman–Crippen LogP) is 2.58. The molecule has 1 saturated heterocycles. The molecule has 2 aromatic rings. The Morgan fingerprint density at radius 3 is 2.51 bits per heavy atom. The van der Waals surface area contributed by atoms with E-state index >= 15 is 0 Å². The van der Waals surface area contributed by atoms with Crippen molar-refractivity contribution in [3.05, 3.63) is 58.3 Å². The highest BCUT2D eigenvalue weighted by Gasteiger charge is 2.30. The number of nitrogens with zero attached hydrogens (tertiary/aromatic N) is 3. The van der Waals surface area contributed by atoms with E-state index in [1.54, 1.807) is 18.7 Å². The molecule has 186 valence electrons. The lowest BCUT2D eigenvalue weighted by molar-refractivity contribution is -0.123. The van der Waals surface area contributed by atoms with Crippen molar-refractivity contribution in [1.29, 1.82) is 5.26 Å². The Morgan fingerprint density at radius 1 is 1.23 bits per heavy atom. The van der Waals surface area contributed by atoms with Gasteiger partial charge >= 0.3 is 5.97 Å². The molecule has 35 heavy (non-hydrogen) atoms. The van der Waals surface area contributed by atoms with Crippen LogP contribution in [0.25, 0.3) is 0 Å². The molecule has 0 unspecified atom stereocenters. The van der Waals surface area contributed by atoms with Gasteiger partial charge in [0.15, 0.2) is 11.6 Å². The van der Waals surface area contributed by atoms with E-state index < -0.39 is 45.2 Å². The van der Waals surface area contributed by atoms with Crippen LogP contribution in [-0.2, 0) is 25.3 Å². The minimum absolute atomic E-state index is 0.00996.